The standard InChI is InChI=1S/C15H15NOS/c1-15(17,8-6-13-7-9-18-11-13)14-4-2-12(10-16)3-5-14/h2-5,7,9,11,17H,6,8H2,1H3. The molecule has 0 amide bonds. The van der Waals surface area contributed by atoms with Gasteiger partial charge in [-0.25, -0.2) is 0 Å². The van der Waals surface area contributed by atoms with Crippen LogP contribution < -0.4 is 0 Å². The van der Waals surface area contributed by atoms with Crippen LogP contribution >= 0.6 is 11.3 Å². The first-order valence-corrected chi connectivity index (χ1v) is 6.80. The van der Waals surface area contributed by atoms with E-state index in [2.05, 4.69) is 17.5 Å². The van der Waals surface area contributed by atoms with Crippen LogP contribution in [0.4, 0.5) is 0 Å². The van der Waals surface area contributed by atoms with Gasteiger partial charge in [0.2, 0.25) is 0 Å². The topological polar surface area (TPSA) is 44.0 Å². The monoisotopic (exact) mass is 257 g/mol. The predicted molar refractivity (Wildman–Crippen MR) is 73.4 cm³/mol. The fraction of sp³-hybridized carbons (Fsp3) is 0.267. The zero-order valence-electron chi connectivity index (χ0n) is 10.3. The molecule has 3 heteroatoms. The molecule has 0 saturated carbocycles. The van der Waals surface area contributed by atoms with Gasteiger partial charge in [-0.1, -0.05) is 12.1 Å². The lowest BCUT2D eigenvalue weighted by atomic mass is 9.89. The molecule has 0 spiro atoms. The van der Waals surface area contributed by atoms with Gasteiger partial charge in [0.15, 0.2) is 0 Å². The number of aliphatic hydroxyl groups is 1. The molecule has 1 aromatic carbocycles. The van der Waals surface area contributed by atoms with Crippen LogP contribution in [-0.2, 0) is 12.0 Å². The Morgan fingerprint density at radius 2 is 2.00 bits per heavy atom. The highest BCUT2D eigenvalue weighted by atomic mass is 32.1. The van der Waals surface area contributed by atoms with E-state index in [1.807, 2.05) is 24.4 Å². The largest absolute Gasteiger partial charge is 0.385 e. The molecule has 0 aliphatic rings. The summed E-state index contributed by atoms with van der Waals surface area (Å²) in [5.74, 6) is 0. The highest BCUT2D eigenvalue weighted by Gasteiger charge is 2.22. The second-order valence-corrected chi connectivity index (χ2v) is 5.37. The number of thiophene rings is 1. The molecule has 0 aliphatic heterocycles. The maximum absolute atomic E-state index is 10.5. The summed E-state index contributed by atoms with van der Waals surface area (Å²) in [6, 6.07) is 11.3. The van der Waals surface area contributed by atoms with Gasteiger partial charge in [0, 0.05) is 0 Å². The summed E-state index contributed by atoms with van der Waals surface area (Å²) in [6.45, 7) is 1.82. The lowest BCUT2D eigenvalue weighted by Gasteiger charge is -2.23. The summed E-state index contributed by atoms with van der Waals surface area (Å²) in [5.41, 5.74) is 1.88. The summed E-state index contributed by atoms with van der Waals surface area (Å²) < 4.78 is 0. The molecule has 1 heterocycles. The Bertz CT molecular complexity index is 535. The van der Waals surface area contributed by atoms with Crippen molar-refractivity contribution < 1.29 is 5.11 Å². The van der Waals surface area contributed by atoms with Gasteiger partial charge < -0.3 is 5.11 Å². The van der Waals surface area contributed by atoms with E-state index < -0.39 is 5.60 Å². The molecule has 1 aromatic heterocycles. The molecule has 2 aromatic rings. The molecule has 2 nitrogen and oxygen atoms in total. The van der Waals surface area contributed by atoms with E-state index in [0.717, 1.165) is 12.0 Å². The zero-order valence-corrected chi connectivity index (χ0v) is 11.1. The normalized spacial score (nSPS) is 13.8. The van der Waals surface area contributed by atoms with Crippen molar-refractivity contribution in [3.8, 4) is 6.07 Å². The van der Waals surface area contributed by atoms with Crippen LogP contribution in [-0.4, -0.2) is 5.11 Å². The summed E-state index contributed by atoms with van der Waals surface area (Å²) in [5, 5.41) is 23.4. The zero-order chi connectivity index (χ0) is 13.0. The van der Waals surface area contributed by atoms with Gasteiger partial charge in [0.05, 0.1) is 17.2 Å². The Kier molecular flexibility index (Phi) is 3.81. The summed E-state index contributed by atoms with van der Waals surface area (Å²) in [4.78, 5) is 0. The molecule has 2 rings (SSSR count). The number of hydrogen-bond acceptors (Lipinski definition) is 3. The van der Waals surface area contributed by atoms with E-state index >= 15 is 0 Å². The molecule has 1 N–H and O–H groups in total. The maximum Gasteiger partial charge on any atom is 0.0991 e. The van der Waals surface area contributed by atoms with Crippen LogP contribution in [0.5, 0.6) is 0 Å². The third kappa shape index (κ3) is 2.98. The van der Waals surface area contributed by atoms with E-state index in [4.69, 9.17) is 5.26 Å². The Balaban J connectivity index is 2.07. The molecular formula is C15H15NOS. The molecule has 0 fully saturated rings. The number of aryl methyl sites for hydroxylation is 1. The first-order chi connectivity index (χ1) is 8.62. The number of nitriles is 1. The summed E-state index contributed by atoms with van der Waals surface area (Å²) in [7, 11) is 0. The highest BCUT2D eigenvalue weighted by Crippen LogP contribution is 2.26. The number of rotatable bonds is 4. The Morgan fingerprint density at radius 1 is 1.28 bits per heavy atom. The van der Waals surface area contributed by atoms with Crippen molar-refractivity contribution in [2.24, 2.45) is 0 Å². The van der Waals surface area contributed by atoms with Crippen molar-refractivity contribution in [2.45, 2.75) is 25.4 Å². The van der Waals surface area contributed by atoms with Gasteiger partial charge >= 0.3 is 0 Å². The Hall–Kier alpha value is -1.63. The lowest BCUT2D eigenvalue weighted by Crippen LogP contribution is -2.21. The van der Waals surface area contributed by atoms with Crippen molar-refractivity contribution in [3.05, 3.63) is 57.8 Å². The second-order valence-electron chi connectivity index (χ2n) is 4.59. The number of benzene rings is 1. The summed E-state index contributed by atoms with van der Waals surface area (Å²) in [6.07, 6.45) is 1.53. The fourth-order valence-corrected chi connectivity index (χ4v) is 2.57. The predicted octanol–water partition coefficient (Wildman–Crippen LogP) is 3.46. The van der Waals surface area contributed by atoms with Crippen LogP contribution in [0, 0.1) is 11.3 Å². The smallest absolute Gasteiger partial charge is 0.0991 e. The van der Waals surface area contributed by atoms with Crippen LogP contribution in [0.15, 0.2) is 41.1 Å². The van der Waals surface area contributed by atoms with Crippen molar-refractivity contribution >= 4 is 11.3 Å². The maximum atomic E-state index is 10.5. The molecular weight excluding hydrogens is 242 g/mol. The van der Waals surface area contributed by atoms with Gasteiger partial charge in [-0.3, -0.25) is 0 Å². The van der Waals surface area contributed by atoms with Gasteiger partial charge in [0.1, 0.15) is 0 Å². The third-order valence-electron chi connectivity index (χ3n) is 3.12. The van der Waals surface area contributed by atoms with Gasteiger partial charge in [-0.05, 0) is 59.9 Å². The van der Waals surface area contributed by atoms with Gasteiger partial charge in [-0.15, -0.1) is 0 Å². The minimum atomic E-state index is -0.851. The molecule has 0 bridgehead atoms. The fourth-order valence-electron chi connectivity index (χ4n) is 1.87. The van der Waals surface area contributed by atoms with Crippen LogP contribution in [0.1, 0.15) is 30.0 Å². The Morgan fingerprint density at radius 3 is 2.56 bits per heavy atom. The van der Waals surface area contributed by atoms with Crippen LogP contribution in [0.25, 0.3) is 0 Å². The van der Waals surface area contributed by atoms with E-state index in [1.165, 1.54) is 5.56 Å². The molecule has 18 heavy (non-hydrogen) atoms. The quantitative estimate of drug-likeness (QED) is 0.911. The number of hydrogen-bond donors (Lipinski definition) is 1. The van der Waals surface area contributed by atoms with E-state index in [0.29, 0.717) is 12.0 Å². The average molecular weight is 257 g/mol. The molecule has 0 aliphatic carbocycles. The SMILES string of the molecule is CC(O)(CCc1ccsc1)c1ccc(C#N)cc1. The van der Waals surface area contributed by atoms with Gasteiger partial charge in [0.25, 0.3) is 0 Å². The third-order valence-corrected chi connectivity index (χ3v) is 3.85. The van der Waals surface area contributed by atoms with Crippen molar-refractivity contribution in [1.29, 1.82) is 5.26 Å². The van der Waals surface area contributed by atoms with Gasteiger partial charge in [-0.2, -0.15) is 16.6 Å². The molecule has 0 radical (unpaired) electrons. The first kappa shape index (κ1) is 12.8. The van der Waals surface area contributed by atoms with Crippen molar-refractivity contribution in [3.63, 3.8) is 0 Å². The minimum Gasteiger partial charge on any atom is -0.385 e. The van der Waals surface area contributed by atoms with Crippen molar-refractivity contribution in [1.82, 2.24) is 0 Å². The summed E-state index contributed by atoms with van der Waals surface area (Å²) >= 11 is 1.67. The lowest BCUT2D eigenvalue weighted by molar-refractivity contribution is 0.0481. The van der Waals surface area contributed by atoms with E-state index in [1.54, 1.807) is 23.5 Å². The van der Waals surface area contributed by atoms with Crippen LogP contribution in [0.2, 0.25) is 0 Å². The first-order valence-electron chi connectivity index (χ1n) is 5.86. The Labute approximate surface area is 111 Å². The molecule has 0 saturated heterocycles. The second kappa shape index (κ2) is 5.34. The highest BCUT2D eigenvalue weighted by molar-refractivity contribution is 7.07. The minimum absolute atomic E-state index is 0.618. The van der Waals surface area contributed by atoms with E-state index in [-0.39, 0.29) is 0 Å². The molecule has 1 unspecified atom stereocenters. The van der Waals surface area contributed by atoms with Crippen molar-refractivity contribution in [2.75, 3.05) is 0 Å². The van der Waals surface area contributed by atoms with Crippen LogP contribution in [0.3, 0.4) is 0 Å². The van der Waals surface area contributed by atoms with E-state index in [9.17, 15) is 5.11 Å². The molecule has 1 atom stereocenters. The molecule has 92 valence electrons. The average Bonchev–Trinajstić information content (AvgIpc) is 2.90. The number of nitrogens with zero attached hydrogens (tertiary/aromatic N) is 1.